The summed E-state index contributed by atoms with van der Waals surface area (Å²) in [6, 6.07) is 15.0. The normalized spacial score (nSPS) is 13.0. The highest BCUT2D eigenvalue weighted by molar-refractivity contribution is 7.74. The van der Waals surface area contributed by atoms with E-state index in [9.17, 15) is 9.67 Å². The molecule has 0 saturated heterocycles. The lowest BCUT2D eigenvalue weighted by molar-refractivity contribution is 0.476. The average molecular weight is 476 g/mol. The van der Waals surface area contributed by atoms with Crippen LogP contribution in [0.25, 0.3) is 0 Å². The summed E-state index contributed by atoms with van der Waals surface area (Å²) in [6.07, 6.45) is 0. The first kappa shape index (κ1) is 21.2. The monoisotopic (exact) mass is 474 g/mol. The lowest BCUT2D eigenvalue weighted by atomic mass is 10.2. The first-order chi connectivity index (χ1) is 13.2. The Morgan fingerprint density at radius 2 is 1.21 bits per heavy atom. The van der Waals surface area contributed by atoms with Gasteiger partial charge in [0.05, 0.1) is 15.3 Å². The molecule has 0 radical (unpaired) electrons. The van der Waals surface area contributed by atoms with Crippen molar-refractivity contribution in [2.45, 2.75) is 6.92 Å². The molecule has 0 aliphatic heterocycles. The largest absolute Gasteiger partial charge is 0.505 e. The standard InChI is InChI=1S/C19H15Cl4N2O2P/c1-11-15(20)7-12(8-16(11)21)24-28(27,14-5-3-2-4-6-14)25-13-9-17(22)19(26)18(23)10-13/h2-10,26H,1H3,(H2,24,25,27). The maximum absolute atomic E-state index is 13.9. The average Bonchev–Trinajstić information content (AvgIpc) is 2.64. The number of benzene rings is 3. The van der Waals surface area contributed by atoms with Gasteiger partial charge >= 0.3 is 0 Å². The molecule has 3 aromatic rings. The van der Waals surface area contributed by atoms with E-state index in [2.05, 4.69) is 10.2 Å². The fourth-order valence-corrected chi connectivity index (χ4v) is 5.36. The van der Waals surface area contributed by atoms with Crippen LogP contribution >= 0.6 is 53.8 Å². The molecule has 0 bridgehead atoms. The molecule has 0 amide bonds. The lowest BCUT2D eigenvalue weighted by Gasteiger charge is -2.24. The van der Waals surface area contributed by atoms with Gasteiger partial charge in [0.1, 0.15) is 0 Å². The van der Waals surface area contributed by atoms with Crippen molar-refractivity contribution in [3.8, 4) is 5.75 Å². The van der Waals surface area contributed by atoms with E-state index < -0.39 is 7.44 Å². The molecule has 0 aromatic heterocycles. The van der Waals surface area contributed by atoms with E-state index in [0.29, 0.717) is 26.7 Å². The Kier molecular flexibility index (Phi) is 6.38. The maximum Gasteiger partial charge on any atom is 0.287 e. The van der Waals surface area contributed by atoms with Crippen LogP contribution < -0.4 is 15.5 Å². The van der Waals surface area contributed by atoms with Gasteiger partial charge < -0.3 is 15.3 Å². The van der Waals surface area contributed by atoms with Crippen molar-refractivity contribution in [3.63, 3.8) is 0 Å². The third kappa shape index (κ3) is 4.53. The van der Waals surface area contributed by atoms with Crippen LogP contribution in [0.15, 0.2) is 54.6 Å². The van der Waals surface area contributed by atoms with Gasteiger partial charge in [0.25, 0.3) is 7.44 Å². The molecule has 0 fully saturated rings. The fourth-order valence-electron chi connectivity index (χ4n) is 2.50. The number of aromatic hydroxyl groups is 1. The van der Waals surface area contributed by atoms with E-state index in [4.69, 9.17) is 46.4 Å². The van der Waals surface area contributed by atoms with Crippen LogP contribution in [0.1, 0.15) is 5.56 Å². The Labute approximate surface area is 182 Å². The van der Waals surface area contributed by atoms with Crippen LogP contribution in [-0.4, -0.2) is 5.11 Å². The minimum absolute atomic E-state index is 0.0380. The highest BCUT2D eigenvalue weighted by atomic mass is 35.5. The van der Waals surface area contributed by atoms with Gasteiger partial charge in [0.15, 0.2) is 5.75 Å². The zero-order valence-corrected chi connectivity index (χ0v) is 18.4. The summed E-state index contributed by atoms with van der Waals surface area (Å²) < 4.78 is 13.9. The topological polar surface area (TPSA) is 61.4 Å². The quantitative estimate of drug-likeness (QED) is 0.266. The summed E-state index contributed by atoms with van der Waals surface area (Å²) in [7, 11) is -3.44. The van der Waals surface area contributed by atoms with Crippen LogP contribution in [-0.2, 0) is 4.57 Å². The summed E-state index contributed by atoms with van der Waals surface area (Å²) in [5.74, 6) is -0.242. The van der Waals surface area contributed by atoms with E-state index in [1.807, 2.05) is 6.07 Å². The second-order valence-electron chi connectivity index (χ2n) is 6.02. The Morgan fingerprint density at radius 1 is 0.786 bits per heavy atom. The third-order valence-electron chi connectivity index (χ3n) is 3.99. The van der Waals surface area contributed by atoms with Crippen LogP contribution in [0.3, 0.4) is 0 Å². The number of phenols is 1. The summed E-state index contributed by atoms with van der Waals surface area (Å²) in [5.41, 5.74) is 1.58. The van der Waals surface area contributed by atoms with Gasteiger partial charge in [-0.2, -0.15) is 0 Å². The number of rotatable bonds is 5. The smallest absolute Gasteiger partial charge is 0.287 e. The van der Waals surface area contributed by atoms with Gasteiger partial charge in [-0.05, 0) is 48.9 Å². The predicted octanol–water partition coefficient (Wildman–Crippen LogP) is 7.36. The molecule has 0 heterocycles. The van der Waals surface area contributed by atoms with Gasteiger partial charge in [-0.1, -0.05) is 64.6 Å². The second-order valence-corrected chi connectivity index (χ2v) is 9.83. The van der Waals surface area contributed by atoms with Crippen LogP contribution in [0.5, 0.6) is 5.75 Å². The third-order valence-corrected chi connectivity index (χ3v) is 7.52. The maximum atomic E-state index is 13.9. The summed E-state index contributed by atoms with van der Waals surface area (Å²) in [4.78, 5) is 0. The molecule has 0 spiro atoms. The highest BCUT2D eigenvalue weighted by Gasteiger charge is 2.26. The number of halogens is 4. The first-order valence-corrected chi connectivity index (χ1v) is 11.3. The molecule has 3 rings (SSSR count). The second kappa shape index (κ2) is 8.44. The molecule has 28 heavy (non-hydrogen) atoms. The van der Waals surface area contributed by atoms with Gasteiger partial charge in [0.2, 0.25) is 0 Å². The van der Waals surface area contributed by atoms with Gasteiger partial charge in [-0.3, -0.25) is 4.57 Å². The molecule has 3 aromatic carbocycles. The Balaban J connectivity index is 2.06. The zero-order valence-electron chi connectivity index (χ0n) is 14.5. The van der Waals surface area contributed by atoms with Gasteiger partial charge in [-0.25, -0.2) is 0 Å². The zero-order chi connectivity index (χ0) is 20.5. The number of phenolic OH excluding ortho intramolecular Hbond substituents is 1. The summed E-state index contributed by atoms with van der Waals surface area (Å²) in [6.45, 7) is 1.80. The van der Waals surface area contributed by atoms with Gasteiger partial charge in [-0.15, -0.1) is 0 Å². The number of nitrogens with one attached hydrogen (secondary N) is 2. The molecule has 0 aliphatic carbocycles. The van der Waals surface area contributed by atoms with Crippen LogP contribution in [0.4, 0.5) is 11.4 Å². The van der Waals surface area contributed by atoms with Crippen molar-refractivity contribution in [3.05, 3.63) is 80.3 Å². The van der Waals surface area contributed by atoms with Crippen molar-refractivity contribution < 1.29 is 9.67 Å². The van der Waals surface area contributed by atoms with Crippen LogP contribution in [0, 0.1) is 6.92 Å². The molecule has 0 saturated carbocycles. The molecular formula is C19H15Cl4N2O2P. The predicted molar refractivity (Wildman–Crippen MR) is 120 cm³/mol. The number of anilines is 2. The molecule has 9 heteroatoms. The molecule has 1 unspecified atom stereocenters. The molecular weight excluding hydrogens is 461 g/mol. The van der Waals surface area contributed by atoms with E-state index in [0.717, 1.165) is 5.56 Å². The SMILES string of the molecule is Cc1c(Cl)cc(NP(=O)(Nc2cc(Cl)c(O)c(Cl)c2)c2ccccc2)cc1Cl. The molecule has 1 atom stereocenters. The Bertz CT molecular complexity index is 967. The Morgan fingerprint density at radius 3 is 1.68 bits per heavy atom. The van der Waals surface area contributed by atoms with Crippen molar-refractivity contribution in [2.75, 3.05) is 10.2 Å². The molecule has 3 N–H and O–H groups in total. The molecule has 0 aliphatic rings. The minimum atomic E-state index is -3.44. The van der Waals surface area contributed by atoms with E-state index >= 15 is 0 Å². The molecule has 4 nitrogen and oxygen atoms in total. The van der Waals surface area contributed by atoms with E-state index in [1.54, 1.807) is 43.3 Å². The minimum Gasteiger partial charge on any atom is -0.505 e. The van der Waals surface area contributed by atoms with E-state index in [-0.39, 0.29) is 15.8 Å². The Hall–Kier alpha value is -1.55. The van der Waals surface area contributed by atoms with Crippen molar-refractivity contribution in [2.24, 2.45) is 0 Å². The van der Waals surface area contributed by atoms with Crippen molar-refractivity contribution >= 4 is 70.5 Å². The fraction of sp³-hybridized carbons (Fsp3) is 0.0526. The number of hydrogen-bond donors (Lipinski definition) is 3. The number of hydrogen-bond acceptors (Lipinski definition) is 2. The first-order valence-electron chi connectivity index (χ1n) is 8.05. The van der Waals surface area contributed by atoms with Crippen molar-refractivity contribution in [1.29, 1.82) is 0 Å². The summed E-state index contributed by atoms with van der Waals surface area (Å²) in [5, 5.41) is 17.2. The van der Waals surface area contributed by atoms with E-state index in [1.165, 1.54) is 12.1 Å². The molecule has 146 valence electrons. The van der Waals surface area contributed by atoms with Crippen molar-refractivity contribution in [1.82, 2.24) is 0 Å². The summed E-state index contributed by atoms with van der Waals surface area (Å²) >= 11 is 24.4. The highest BCUT2D eigenvalue weighted by Crippen LogP contribution is 2.47. The lowest BCUT2D eigenvalue weighted by Crippen LogP contribution is -2.18. The van der Waals surface area contributed by atoms with Gasteiger partial charge in [0, 0.05) is 21.4 Å². The van der Waals surface area contributed by atoms with Crippen LogP contribution in [0.2, 0.25) is 20.1 Å².